The van der Waals surface area contributed by atoms with E-state index in [1.807, 2.05) is 0 Å². The van der Waals surface area contributed by atoms with Crippen LogP contribution in [0.1, 0.15) is 50.2 Å². The number of rotatable bonds is 5. The number of aromatic nitrogens is 2. The first kappa shape index (κ1) is 15.5. The van der Waals surface area contributed by atoms with Crippen molar-refractivity contribution in [1.82, 2.24) is 15.0 Å². The molecule has 1 saturated carbocycles. The first-order valence-electron chi connectivity index (χ1n) is 7.73. The summed E-state index contributed by atoms with van der Waals surface area (Å²) in [6.07, 6.45) is 4.07. The molecule has 2 fully saturated rings. The highest BCUT2D eigenvalue weighted by atomic mass is 32.2. The van der Waals surface area contributed by atoms with E-state index in [9.17, 15) is 13.2 Å². The smallest absolute Gasteiger partial charge is 0.241 e. The highest BCUT2D eigenvalue weighted by Crippen LogP contribution is 2.38. The number of carbonyl (C=O) groups is 1. The molecule has 7 nitrogen and oxygen atoms in total. The maximum atomic E-state index is 12.2. The number of nitrogens with zero attached hydrogens (tertiary/aromatic N) is 3. The van der Waals surface area contributed by atoms with Crippen molar-refractivity contribution in [2.45, 2.75) is 44.3 Å². The summed E-state index contributed by atoms with van der Waals surface area (Å²) >= 11 is 0. The van der Waals surface area contributed by atoms with Crippen LogP contribution in [0, 0.1) is 5.92 Å². The predicted molar refractivity (Wildman–Crippen MR) is 78.7 cm³/mol. The van der Waals surface area contributed by atoms with E-state index in [-0.39, 0.29) is 17.6 Å². The van der Waals surface area contributed by atoms with Gasteiger partial charge in [-0.1, -0.05) is 12.1 Å². The first-order chi connectivity index (χ1) is 10.4. The summed E-state index contributed by atoms with van der Waals surface area (Å²) < 4.78 is 29.3. The second-order valence-corrected chi connectivity index (χ2v) is 8.50. The summed E-state index contributed by atoms with van der Waals surface area (Å²) in [5, 5.41) is 3.80. The van der Waals surface area contributed by atoms with E-state index in [1.54, 1.807) is 4.90 Å². The summed E-state index contributed by atoms with van der Waals surface area (Å²) in [5.41, 5.74) is 0. The molecule has 1 atom stereocenters. The number of hydrogen-bond donors (Lipinski definition) is 0. The van der Waals surface area contributed by atoms with Crippen LogP contribution in [-0.4, -0.2) is 48.2 Å². The van der Waals surface area contributed by atoms with Crippen LogP contribution in [0.15, 0.2) is 4.52 Å². The molecule has 1 unspecified atom stereocenters. The van der Waals surface area contributed by atoms with E-state index < -0.39 is 15.6 Å². The molecule has 1 aliphatic heterocycles. The lowest BCUT2D eigenvalue weighted by Gasteiger charge is -2.30. The molecule has 1 aliphatic carbocycles. The van der Waals surface area contributed by atoms with E-state index >= 15 is 0 Å². The zero-order chi connectivity index (χ0) is 15.7. The Kier molecular flexibility index (Phi) is 4.20. The van der Waals surface area contributed by atoms with E-state index in [1.165, 1.54) is 0 Å². The van der Waals surface area contributed by atoms with Crippen molar-refractivity contribution in [1.29, 1.82) is 0 Å². The Morgan fingerprint density at radius 2 is 2.14 bits per heavy atom. The van der Waals surface area contributed by atoms with Crippen LogP contribution in [0.5, 0.6) is 0 Å². The summed E-state index contributed by atoms with van der Waals surface area (Å²) in [6.45, 7) is 3.36. The third-order valence-electron chi connectivity index (χ3n) is 4.12. The maximum Gasteiger partial charge on any atom is 0.241 e. The van der Waals surface area contributed by atoms with Crippen LogP contribution in [-0.2, 0) is 20.4 Å². The van der Waals surface area contributed by atoms with Crippen LogP contribution >= 0.6 is 0 Å². The fraction of sp³-hybridized carbons (Fsp3) is 0.786. The predicted octanol–water partition coefficient (Wildman–Crippen LogP) is 1.12. The lowest BCUT2D eigenvalue weighted by Crippen LogP contribution is -2.42. The number of piperidine rings is 1. The number of sulfone groups is 1. The Balaban J connectivity index is 1.58. The molecule has 1 saturated heterocycles. The normalized spacial score (nSPS) is 22.8. The Labute approximate surface area is 130 Å². The van der Waals surface area contributed by atoms with Crippen LogP contribution < -0.4 is 0 Å². The van der Waals surface area contributed by atoms with Crippen molar-refractivity contribution in [3.63, 3.8) is 0 Å². The standard InChI is InChI=1S/C14H21N3O4S/c1-10-3-2-6-17(7-10)13(18)9-22(19,20)8-12-15-14(16-21-12)11-4-5-11/h10-11H,2-9H2,1H3. The second kappa shape index (κ2) is 5.98. The molecule has 1 aromatic heterocycles. The molecule has 0 N–H and O–H groups in total. The Hall–Kier alpha value is -1.44. The molecule has 22 heavy (non-hydrogen) atoms. The van der Waals surface area contributed by atoms with Gasteiger partial charge in [0, 0.05) is 19.0 Å². The summed E-state index contributed by atoms with van der Waals surface area (Å²) in [6, 6.07) is 0. The third-order valence-corrected chi connectivity index (χ3v) is 5.50. The van der Waals surface area contributed by atoms with Gasteiger partial charge in [0.25, 0.3) is 0 Å². The second-order valence-electron chi connectivity index (χ2n) is 6.44. The summed E-state index contributed by atoms with van der Waals surface area (Å²) in [5.74, 6) is 0.244. The molecular weight excluding hydrogens is 306 g/mol. The molecule has 1 aromatic rings. The molecule has 122 valence electrons. The van der Waals surface area contributed by atoms with E-state index in [0.717, 1.165) is 25.7 Å². The molecule has 3 rings (SSSR count). The highest BCUT2D eigenvalue weighted by Gasteiger charge is 2.31. The van der Waals surface area contributed by atoms with Gasteiger partial charge >= 0.3 is 0 Å². The van der Waals surface area contributed by atoms with Crippen LogP contribution in [0.4, 0.5) is 0 Å². The van der Waals surface area contributed by atoms with Crippen molar-refractivity contribution < 1.29 is 17.7 Å². The molecular formula is C14H21N3O4S. The van der Waals surface area contributed by atoms with Crippen molar-refractivity contribution >= 4 is 15.7 Å². The van der Waals surface area contributed by atoms with Gasteiger partial charge in [-0.3, -0.25) is 4.79 Å². The minimum atomic E-state index is -3.58. The number of carbonyl (C=O) groups excluding carboxylic acids is 1. The van der Waals surface area contributed by atoms with Gasteiger partial charge in [-0.2, -0.15) is 4.98 Å². The first-order valence-corrected chi connectivity index (χ1v) is 9.56. The Morgan fingerprint density at radius 1 is 1.36 bits per heavy atom. The number of likely N-dealkylation sites (tertiary alicyclic amines) is 1. The summed E-state index contributed by atoms with van der Waals surface area (Å²) in [4.78, 5) is 17.9. The van der Waals surface area contributed by atoms with E-state index in [4.69, 9.17) is 4.52 Å². The molecule has 0 aromatic carbocycles. The highest BCUT2D eigenvalue weighted by molar-refractivity contribution is 7.91. The number of hydrogen-bond acceptors (Lipinski definition) is 6. The lowest BCUT2D eigenvalue weighted by molar-refractivity contribution is -0.130. The average molecular weight is 327 g/mol. The largest absolute Gasteiger partial charge is 0.342 e. The van der Waals surface area contributed by atoms with Gasteiger partial charge in [-0.25, -0.2) is 8.42 Å². The van der Waals surface area contributed by atoms with Gasteiger partial charge < -0.3 is 9.42 Å². The molecule has 0 spiro atoms. The number of amides is 1. The van der Waals surface area contributed by atoms with Gasteiger partial charge in [-0.15, -0.1) is 0 Å². The fourth-order valence-corrected chi connectivity index (χ4v) is 3.92. The minimum Gasteiger partial charge on any atom is -0.342 e. The van der Waals surface area contributed by atoms with Gasteiger partial charge in [-0.05, 0) is 31.6 Å². The summed E-state index contributed by atoms with van der Waals surface area (Å²) in [7, 11) is -3.58. The van der Waals surface area contributed by atoms with Crippen molar-refractivity contribution in [3.8, 4) is 0 Å². The van der Waals surface area contributed by atoms with Crippen molar-refractivity contribution in [3.05, 3.63) is 11.7 Å². The van der Waals surface area contributed by atoms with E-state index in [0.29, 0.717) is 30.7 Å². The quantitative estimate of drug-likeness (QED) is 0.804. The maximum absolute atomic E-state index is 12.2. The van der Waals surface area contributed by atoms with Crippen LogP contribution in [0.2, 0.25) is 0 Å². The Bertz CT molecular complexity index is 651. The average Bonchev–Trinajstić information content (AvgIpc) is 3.19. The molecule has 0 bridgehead atoms. The van der Waals surface area contributed by atoms with Gasteiger partial charge in [0.1, 0.15) is 11.5 Å². The van der Waals surface area contributed by atoms with Gasteiger partial charge in [0.05, 0.1) is 0 Å². The molecule has 2 heterocycles. The zero-order valence-electron chi connectivity index (χ0n) is 12.7. The molecule has 1 amide bonds. The fourth-order valence-electron chi connectivity index (χ4n) is 2.77. The van der Waals surface area contributed by atoms with Gasteiger partial charge in [0.2, 0.25) is 11.8 Å². The SMILES string of the molecule is CC1CCCN(C(=O)CS(=O)(=O)Cc2nc(C3CC3)no2)C1. The molecule has 2 aliphatic rings. The Morgan fingerprint density at radius 3 is 2.82 bits per heavy atom. The zero-order valence-corrected chi connectivity index (χ0v) is 13.5. The third kappa shape index (κ3) is 3.85. The van der Waals surface area contributed by atoms with E-state index in [2.05, 4.69) is 17.1 Å². The molecule has 8 heteroatoms. The van der Waals surface area contributed by atoms with Crippen molar-refractivity contribution in [2.24, 2.45) is 5.92 Å². The monoisotopic (exact) mass is 327 g/mol. The minimum absolute atomic E-state index is 0.0849. The lowest BCUT2D eigenvalue weighted by atomic mass is 10.0. The van der Waals surface area contributed by atoms with Crippen LogP contribution in [0.3, 0.4) is 0 Å². The topological polar surface area (TPSA) is 93.4 Å². The van der Waals surface area contributed by atoms with Crippen LogP contribution in [0.25, 0.3) is 0 Å². The molecule has 0 radical (unpaired) electrons. The van der Waals surface area contributed by atoms with Crippen molar-refractivity contribution in [2.75, 3.05) is 18.8 Å². The van der Waals surface area contributed by atoms with Gasteiger partial charge in [0.15, 0.2) is 15.7 Å².